The first kappa shape index (κ1) is 34.0. The summed E-state index contributed by atoms with van der Waals surface area (Å²) >= 11 is 0. The molecule has 242 valence electrons. The maximum Gasteiger partial charge on any atom is 0.262 e. The zero-order valence-electron chi connectivity index (χ0n) is 26.4. The van der Waals surface area contributed by atoms with Gasteiger partial charge in [0.15, 0.2) is 6.29 Å². The third-order valence-electron chi connectivity index (χ3n) is 7.89. The van der Waals surface area contributed by atoms with Crippen molar-refractivity contribution in [3.05, 3.63) is 59.4 Å². The Morgan fingerprint density at radius 2 is 1.89 bits per heavy atom. The minimum Gasteiger partial charge on any atom is -0.390 e. The van der Waals surface area contributed by atoms with E-state index >= 15 is 0 Å². The number of amides is 1. The van der Waals surface area contributed by atoms with E-state index in [1.807, 2.05) is 24.3 Å². The summed E-state index contributed by atoms with van der Waals surface area (Å²) < 4.78 is 18.0. The zero-order chi connectivity index (χ0) is 32.3. The lowest BCUT2D eigenvalue weighted by molar-refractivity contribution is -0.277. The summed E-state index contributed by atoms with van der Waals surface area (Å²) in [6.45, 7) is 8.92. The Kier molecular flexibility index (Phi) is 12.4. The highest BCUT2D eigenvalue weighted by molar-refractivity contribution is 6.02. The molecule has 4 rings (SSSR count). The molecule has 45 heavy (non-hydrogen) atoms. The number of benzene rings is 2. The van der Waals surface area contributed by atoms with Gasteiger partial charge in [-0.05, 0) is 53.5 Å². The maximum atomic E-state index is 12.7. The summed E-state index contributed by atoms with van der Waals surface area (Å²) in [5.74, 6) is -0.906. The highest BCUT2D eigenvalue weighted by Gasteiger charge is 2.42. The topological polar surface area (TPSA) is 155 Å². The van der Waals surface area contributed by atoms with E-state index in [9.17, 15) is 20.3 Å². The molecule has 0 spiro atoms. The third kappa shape index (κ3) is 8.87. The van der Waals surface area contributed by atoms with Crippen LogP contribution in [-0.2, 0) is 32.2 Å². The van der Waals surface area contributed by atoms with E-state index in [0.717, 1.165) is 42.3 Å². The van der Waals surface area contributed by atoms with Crippen LogP contribution < -0.4 is 10.2 Å². The molecule has 1 aliphatic heterocycles. The van der Waals surface area contributed by atoms with Crippen LogP contribution in [0.5, 0.6) is 0 Å². The van der Waals surface area contributed by atoms with Crippen LogP contribution in [0.25, 0.3) is 16.8 Å². The predicted molar refractivity (Wildman–Crippen MR) is 170 cm³/mol. The number of nitrogens with one attached hydrogen (secondary N) is 1. The Labute approximate surface area is 264 Å². The number of nitriles is 1. The number of hydrogen-bond acceptors (Lipinski definition) is 10. The lowest BCUT2D eigenvalue weighted by Crippen LogP contribution is -2.54. The summed E-state index contributed by atoms with van der Waals surface area (Å²) in [7, 11) is 1.44. The smallest absolute Gasteiger partial charge is 0.262 e. The molecule has 2 heterocycles. The van der Waals surface area contributed by atoms with Gasteiger partial charge < -0.3 is 34.6 Å². The van der Waals surface area contributed by atoms with E-state index in [1.165, 1.54) is 17.5 Å². The molecule has 1 aliphatic rings. The number of aromatic nitrogens is 3. The van der Waals surface area contributed by atoms with Gasteiger partial charge in [0.1, 0.15) is 29.5 Å². The summed E-state index contributed by atoms with van der Waals surface area (Å²) in [6, 6.07) is 14.3. The highest BCUT2D eigenvalue weighted by Crippen LogP contribution is 2.27. The number of aliphatic hydroxyl groups excluding tert-OH is 2. The van der Waals surface area contributed by atoms with Crippen molar-refractivity contribution in [1.29, 1.82) is 5.26 Å². The second kappa shape index (κ2) is 16.5. The van der Waals surface area contributed by atoms with Gasteiger partial charge in [-0.15, -0.1) is 5.10 Å². The van der Waals surface area contributed by atoms with Crippen molar-refractivity contribution in [2.24, 2.45) is 5.92 Å². The average Bonchev–Trinajstić information content (AvgIpc) is 3.50. The SMILES string of the molecule is CCCN(CCC)c1ccc2cc(/C=C(\C#N)C(=O)NCCOCc3cn(C[C@H]4O[C@H](OC)[C@H](O)[C@@H](C)[C@@H]4O)nn3)ccc2c1. The fourth-order valence-electron chi connectivity index (χ4n) is 5.42. The number of carbonyl (C=O) groups is 1. The Morgan fingerprint density at radius 3 is 2.60 bits per heavy atom. The van der Waals surface area contributed by atoms with Crippen LogP contribution in [0.1, 0.15) is 44.9 Å². The van der Waals surface area contributed by atoms with Crippen molar-refractivity contribution >= 4 is 28.4 Å². The zero-order valence-corrected chi connectivity index (χ0v) is 26.4. The molecular formula is C33H44N6O6. The molecule has 2 aromatic carbocycles. The number of fused-ring (bicyclic) bond motifs is 1. The van der Waals surface area contributed by atoms with Crippen LogP contribution in [0.3, 0.4) is 0 Å². The largest absolute Gasteiger partial charge is 0.390 e. The number of anilines is 1. The number of carbonyl (C=O) groups excluding carboxylic acids is 1. The van der Waals surface area contributed by atoms with E-state index < -0.39 is 36.4 Å². The Bertz CT molecular complexity index is 1480. The number of rotatable bonds is 15. The van der Waals surface area contributed by atoms with Crippen LogP contribution in [0.4, 0.5) is 5.69 Å². The predicted octanol–water partition coefficient (Wildman–Crippen LogP) is 3.03. The number of hydrogen-bond donors (Lipinski definition) is 3. The Hall–Kier alpha value is -3.86. The molecule has 1 aromatic heterocycles. The molecule has 0 saturated carbocycles. The highest BCUT2D eigenvalue weighted by atomic mass is 16.7. The van der Waals surface area contributed by atoms with Crippen LogP contribution >= 0.6 is 0 Å². The van der Waals surface area contributed by atoms with E-state index in [4.69, 9.17) is 14.2 Å². The summed E-state index contributed by atoms with van der Waals surface area (Å²) in [4.78, 5) is 15.1. The second-order valence-electron chi connectivity index (χ2n) is 11.3. The minimum absolute atomic E-state index is 0.00986. The number of ether oxygens (including phenoxy) is 3. The van der Waals surface area contributed by atoms with E-state index in [2.05, 4.69) is 52.6 Å². The van der Waals surface area contributed by atoms with E-state index in [1.54, 1.807) is 19.2 Å². The fraction of sp³-hybridized carbons (Fsp3) is 0.515. The van der Waals surface area contributed by atoms with Gasteiger partial charge in [0.2, 0.25) is 0 Å². The lowest BCUT2D eigenvalue weighted by atomic mass is 9.90. The van der Waals surface area contributed by atoms with E-state index in [0.29, 0.717) is 5.69 Å². The van der Waals surface area contributed by atoms with Crippen LogP contribution in [0.2, 0.25) is 0 Å². The van der Waals surface area contributed by atoms with Crippen molar-refractivity contribution in [3.8, 4) is 6.07 Å². The summed E-state index contributed by atoms with van der Waals surface area (Å²) in [5, 5.41) is 43.3. The van der Waals surface area contributed by atoms with Crippen molar-refractivity contribution in [2.75, 3.05) is 38.3 Å². The van der Waals surface area contributed by atoms with Crippen LogP contribution in [0.15, 0.2) is 48.2 Å². The van der Waals surface area contributed by atoms with Gasteiger partial charge in [0.25, 0.3) is 5.91 Å². The average molecular weight is 621 g/mol. The van der Waals surface area contributed by atoms with Gasteiger partial charge in [-0.1, -0.05) is 44.2 Å². The van der Waals surface area contributed by atoms with Gasteiger partial charge in [0, 0.05) is 38.3 Å². The normalized spacial score (nSPS) is 21.9. The Morgan fingerprint density at radius 1 is 1.16 bits per heavy atom. The monoisotopic (exact) mass is 620 g/mol. The third-order valence-corrected chi connectivity index (χ3v) is 7.89. The summed E-state index contributed by atoms with van der Waals surface area (Å²) in [5.41, 5.74) is 2.54. The molecule has 0 aliphatic carbocycles. The Balaban J connectivity index is 1.25. The first-order valence-corrected chi connectivity index (χ1v) is 15.5. The molecule has 3 N–H and O–H groups in total. The maximum absolute atomic E-state index is 12.7. The van der Waals surface area contributed by atoms with Crippen LogP contribution in [-0.4, -0.2) is 89.1 Å². The number of methoxy groups -OCH3 is 1. The quantitative estimate of drug-likeness (QED) is 0.131. The second-order valence-corrected chi connectivity index (χ2v) is 11.3. The lowest BCUT2D eigenvalue weighted by Gasteiger charge is -2.40. The molecule has 3 aromatic rings. The van der Waals surface area contributed by atoms with E-state index in [-0.39, 0.29) is 31.9 Å². The molecule has 5 atom stereocenters. The van der Waals surface area contributed by atoms with Crippen molar-refractivity contribution in [3.63, 3.8) is 0 Å². The fourth-order valence-corrected chi connectivity index (χ4v) is 5.42. The molecule has 1 saturated heterocycles. The minimum atomic E-state index is -0.930. The number of aliphatic hydroxyl groups is 2. The molecule has 1 fully saturated rings. The van der Waals surface area contributed by atoms with Crippen molar-refractivity contribution in [1.82, 2.24) is 20.3 Å². The van der Waals surface area contributed by atoms with Gasteiger partial charge >= 0.3 is 0 Å². The molecule has 12 heteroatoms. The van der Waals surface area contributed by atoms with Gasteiger partial charge in [0.05, 0.1) is 32.1 Å². The van der Waals surface area contributed by atoms with Crippen molar-refractivity contribution < 1.29 is 29.2 Å². The molecule has 0 radical (unpaired) electrons. The molecular weight excluding hydrogens is 576 g/mol. The molecule has 0 bridgehead atoms. The molecule has 0 unspecified atom stereocenters. The van der Waals surface area contributed by atoms with Gasteiger partial charge in [-0.25, -0.2) is 4.68 Å². The van der Waals surface area contributed by atoms with Gasteiger partial charge in [-0.3, -0.25) is 4.79 Å². The first-order chi connectivity index (χ1) is 21.8. The van der Waals surface area contributed by atoms with Crippen LogP contribution in [0, 0.1) is 17.2 Å². The number of nitrogens with zero attached hydrogens (tertiary/aromatic N) is 5. The summed E-state index contributed by atoms with van der Waals surface area (Å²) in [6.07, 6.45) is 2.15. The molecule has 1 amide bonds. The standard InChI is InChI=1S/C33H44N6O6/c1-5-12-38(13-6-2)28-10-9-24-15-23(7-8-25(24)17-28)16-26(18-34)32(42)35-11-14-44-21-27-19-39(37-36-27)20-29-30(40)22(3)31(41)33(43-4)45-29/h7-10,15-17,19,22,29-31,33,40-41H,5-6,11-14,20-21H2,1-4H3,(H,35,42)/b26-16+/t22-,29+,30-,31+,33-/m0/s1. The van der Waals surface area contributed by atoms with Gasteiger partial charge in [-0.2, -0.15) is 5.26 Å². The van der Waals surface area contributed by atoms with Crippen molar-refractivity contribution in [2.45, 2.75) is 71.4 Å². The first-order valence-electron chi connectivity index (χ1n) is 15.5. The molecule has 12 nitrogen and oxygen atoms in total.